The second-order valence-corrected chi connectivity index (χ2v) is 3.91. The Kier molecular flexibility index (Phi) is 2.35. The molecule has 0 N–H and O–H groups in total. The van der Waals surface area contributed by atoms with Gasteiger partial charge in [-0.2, -0.15) is 0 Å². The fourth-order valence-electron chi connectivity index (χ4n) is 1.60. The summed E-state index contributed by atoms with van der Waals surface area (Å²) in [6.45, 7) is 1.84. The van der Waals surface area contributed by atoms with Crippen LogP contribution in [0.1, 0.15) is 12.8 Å². The van der Waals surface area contributed by atoms with Crippen molar-refractivity contribution in [3.63, 3.8) is 0 Å². The second-order valence-electron chi connectivity index (χ2n) is 3.29. The number of hydrogen-bond acceptors (Lipinski definition) is 4. The number of nitrogens with zero attached hydrogens (tertiary/aromatic N) is 5. The fraction of sp³-hybridized carbons (Fsp3) is 0.857. The maximum atomic E-state index is 6.06. The summed E-state index contributed by atoms with van der Waals surface area (Å²) in [5.41, 5.74) is 0. The molecule has 1 atom stereocenters. The fourth-order valence-corrected chi connectivity index (χ4v) is 1.92. The van der Waals surface area contributed by atoms with Crippen LogP contribution in [0.25, 0.3) is 0 Å². The Bertz CT molecular complexity index is 286. The van der Waals surface area contributed by atoms with E-state index >= 15 is 0 Å². The standard InChI is InChI=1S/C7H12ClN5/c1-12-7(9-10-11-12)13-4-2-3-6(8)5-13/h6H,2-5H2,1H3. The summed E-state index contributed by atoms with van der Waals surface area (Å²) < 4.78 is 1.68. The highest BCUT2D eigenvalue weighted by molar-refractivity contribution is 6.21. The lowest BCUT2D eigenvalue weighted by molar-refractivity contribution is 0.562. The van der Waals surface area contributed by atoms with E-state index in [0.717, 1.165) is 31.9 Å². The first-order valence-electron chi connectivity index (χ1n) is 4.39. The number of aromatic nitrogens is 4. The summed E-state index contributed by atoms with van der Waals surface area (Å²) in [5.74, 6) is 0.811. The monoisotopic (exact) mass is 201 g/mol. The Morgan fingerprint density at radius 2 is 2.38 bits per heavy atom. The molecule has 0 spiro atoms. The van der Waals surface area contributed by atoms with E-state index in [-0.39, 0.29) is 5.38 Å². The molecule has 1 saturated heterocycles. The third-order valence-electron chi connectivity index (χ3n) is 2.24. The van der Waals surface area contributed by atoms with Crippen molar-refractivity contribution in [2.24, 2.45) is 7.05 Å². The van der Waals surface area contributed by atoms with Gasteiger partial charge in [0.05, 0.1) is 5.38 Å². The first kappa shape index (κ1) is 8.74. The van der Waals surface area contributed by atoms with Gasteiger partial charge in [0.15, 0.2) is 0 Å². The Labute approximate surface area is 81.7 Å². The average Bonchev–Trinajstić information content (AvgIpc) is 2.51. The lowest BCUT2D eigenvalue weighted by Gasteiger charge is -2.29. The first-order valence-corrected chi connectivity index (χ1v) is 4.82. The first-order chi connectivity index (χ1) is 6.27. The maximum Gasteiger partial charge on any atom is 0.245 e. The van der Waals surface area contributed by atoms with Crippen molar-refractivity contribution in [2.45, 2.75) is 18.2 Å². The quantitative estimate of drug-likeness (QED) is 0.618. The molecule has 5 nitrogen and oxygen atoms in total. The number of hydrogen-bond donors (Lipinski definition) is 0. The lowest BCUT2D eigenvalue weighted by atomic mass is 10.1. The summed E-state index contributed by atoms with van der Waals surface area (Å²) >= 11 is 6.06. The molecule has 0 aliphatic carbocycles. The van der Waals surface area contributed by atoms with Crippen LogP contribution in [-0.4, -0.2) is 38.7 Å². The second kappa shape index (κ2) is 3.49. The zero-order valence-electron chi connectivity index (χ0n) is 7.52. The number of alkyl halides is 1. The van der Waals surface area contributed by atoms with E-state index in [2.05, 4.69) is 20.4 Å². The van der Waals surface area contributed by atoms with Gasteiger partial charge in [-0.15, -0.1) is 11.6 Å². The molecule has 13 heavy (non-hydrogen) atoms. The number of aryl methyl sites for hydroxylation is 1. The molecule has 2 rings (SSSR count). The van der Waals surface area contributed by atoms with Crippen molar-refractivity contribution in [1.29, 1.82) is 0 Å². The van der Waals surface area contributed by atoms with Gasteiger partial charge in [0.2, 0.25) is 5.95 Å². The van der Waals surface area contributed by atoms with Gasteiger partial charge in [-0.1, -0.05) is 5.10 Å². The van der Waals surface area contributed by atoms with E-state index < -0.39 is 0 Å². The molecule has 1 fully saturated rings. The van der Waals surface area contributed by atoms with Crippen LogP contribution < -0.4 is 4.90 Å². The largest absolute Gasteiger partial charge is 0.338 e. The zero-order chi connectivity index (χ0) is 9.26. The van der Waals surface area contributed by atoms with Gasteiger partial charge in [-0.25, -0.2) is 4.68 Å². The average molecular weight is 202 g/mol. The third kappa shape index (κ3) is 1.75. The highest BCUT2D eigenvalue weighted by Crippen LogP contribution is 2.18. The smallest absolute Gasteiger partial charge is 0.245 e. The molecular weight excluding hydrogens is 190 g/mol. The van der Waals surface area contributed by atoms with Gasteiger partial charge in [0.1, 0.15) is 0 Å². The van der Waals surface area contributed by atoms with Crippen LogP contribution in [0, 0.1) is 0 Å². The minimum Gasteiger partial charge on any atom is -0.338 e. The lowest BCUT2D eigenvalue weighted by Crippen LogP contribution is -2.37. The maximum absolute atomic E-state index is 6.06. The Morgan fingerprint density at radius 1 is 1.54 bits per heavy atom. The molecule has 0 aromatic carbocycles. The van der Waals surface area contributed by atoms with E-state index in [1.807, 2.05) is 7.05 Å². The minimum atomic E-state index is 0.227. The van der Waals surface area contributed by atoms with Crippen LogP contribution in [0.4, 0.5) is 5.95 Å². The normalized spacial score (nSPS) is 23.5. The van der Waals surface area contributed by atoms with Gasteiger partial charge < -0.3 is 4.90 Å². The van der Waals surface area contributed by atoms with E-state index in [9.17, 15) is 0 Å². The number of piperidine rings is 1. The molecule has 0 saturated carbocycles. The number of tetrazole rings is 1. The molecular formula is C7H12ClN5. The van der Waals surface area contributed by atoms with Crippen molar-refractivity contribution in [3.8, 4) is 0 Å². The molecule has 0 bridgehead atoms. The van der Waals surface area contributed by atoms with Gasteiger partial charge in [0, 0.05) is 20.1 Å². The zero-order valence-corrected chi connectivity index (χ0v) is 8.28. The Morgan fingerprint density at radius 3 is 3.00 bits per heavy atom. The van der Waals surface area contributed by atoms with Crippen molar-refractivity contribution in [2.75, 3.05) is 18.0 Å². The SMILES string of the molecule is Cn1nnnc1N1CCCC(Cl)C1. The van der Waals surface area contributed by atoms with Crippen LogP contribution in [-0.2, 0) is 7.05 Å². The van der Waals surface area contributed by atoms with Gasteiger partial charge in [-0.3, -0.25) is 0 Å². The highest BCUT2D eigenvalue weighted by Gasteiger charge is 2.21. The third-order valence-corrected chi connectivity index (χ3v) is 2.60. The van der Waals surface area contributed by atoms with E-state index in [0.29, 0.717) is 0 Å². The molecule has 72 valence electrons. The summed E-state index contributed by atoms with van der Waals surface area (Å²) in [6, 6.07) is 0. The van der Waals surface area contributed by atoms with Crippen LogP contribution in [0.5, 0.6) is 0 Å². The van der Waals surface area contributed by atoms with Crippen molar-refractivity contribution < 1.29 is 0 Å². The molecule has 1 unspecified atom stereocenters. The van der Waals surface area contributed by atoms with Gasteiger partial charge >= 0.3 is 0 Å². The molecule has 0 amide bonds. The van der Waals surface area contributed by atoms with Crippen molar-refractivity contribution >= 4 is 17.5 Å². The van der Waals surface area contributed by atoms with Crippen LogP contribution in [0.15, 0.2) is 0 Å². The van der Waals surface area contributed by atoms with E-state index in [4.69, 9.17) is 11.6 Å². The van der Waals surface area contributed by atoms with Crippen LogP contribution in [0.2, 0.25) is 0 Å². The summed E-state index contributed by atoms with van der Waals surface area (Å²) in [6.07, 6.45) is 2.20. The summed E-state index contributed by atoms with van der Waals surface area (Å²) in [7, 11) is 1.84. The molecule has 0 radical (unpaired) electrons. The van der Waals surface area contributed by atoms with E-state index in [1.165, 1.54) is 0 Å². The molecule has 6 heteroatoms. The predicted octanol–water partition coefficient (Wildman–Crippen LogP) is 0.418. The number of halogens is 1. The van der Waals surface area contributed by atoms with Crippen LogP contribution >= 0.6 is 11.6 Å². The highest BCUT2D eigenvalue weighted by atomic mass is 35.5. The molecule has 1 aliphatic heterocycles. The minimum absolute atomic E-state index is 0.227. The Hall–Kier alpha value is -0.840. The van der Waals surface area contributed by atoms with Gasteiger partial charge in [0.25, 0.3) is 0 Å². The van der Waals surface area contributed by atoms with E-state index in [1.54, 1.807) is 4.68 Å². The molecule has 1 aromatic heterocycles. The molecule has 2 heterocycles. The molecule has 1 aliphatic rings. The van der Waals surface area contributed by atoms with Crippen molar-refractivity contribution in [1.82, 2.24) is 20.2 Å². The predicted molar refractivity (Wildman–Crippen MR) is 49.9 cm³/mol. The Balaban J connectivity index is 2.12. The van der Waals surface area contributed by atoms with Gasteiger partial charge in [-0.05, 0) is 23.3 Å². The van der Waals surface area contributed by atoms with Crippen molar-refractivity contribution in [3.05, 3.63) is 0 Å². The number of anilines is 1. The molecule has 1 aromatic rings. The summed E-state index contributed by atoms with van der Waals surface area (Å²) in [4.78, 5) is 2.13. The number of rotatable bonds is 1. The topological polar surface area (TPSA) is 46.8 Å². The van der Waals surface area contributed by atoms with Crippen LogP contribution in [0.3, 0.4) is 0 Å². The summed E-state index contributed by atoms with van der Waals surface area (Å²) in [5, 5.41) is 11.6.